The normalized spacial score (nSPS) is 16.1. The molecule has 0 aromatic heterocycles. The summed E-state index contributed by atoms with van der Waals surface area (Å²) in [4.78, 5) is 14.9. The first-order valence-corrected chi connectivity index (χ1v) is 12.8. The highest BCUT2D eigenvalue weighted by molar-refractivity contribution is 5.98. The van der Waals surface area contributed by atoms with Crippen molar-refractivity contribution in [3.05, 3.63) is 53.6 Å². The van der Waals surface area contributed by atoms with Crippen molar-refractivity contribution in [1.82, 2.24) is 0 Å². The third-order valence-corrected chi connectivity index (χ3v) is 6.28. The van der Waals surface area contributed by atoms with E-state index in [2.05, 4.69) is 11.8 Å². The Hall–Kier alpha value is -2.85. The molecule has 1 heterocycles. The summed E-state index contributed by atoms with van der Waals surface area (Å²) in [5.41, 5.74) is 8.74. The van der Waals surface area contributed by atoms with Crippen LogP contribution >= 0.6 is 0 Å². The summed E-state index contributed by atoms with van der Waals surface area (Å²) in [6.45, 7) is 7.24. The first kappa shape index (κ1) is 28.7. The number of carbonyl (C=O) groups excluding carboxylic acids is 1. The van der Waals surface area contributed by atoms with Crippen LogP contribution in [0.15, 0.2) is 42.5 Å². The number of anilines is 2. The van der Waals surface area contributed by atoms with Crippen LogP contribution in [0.25, 0.3) is 0 Å². The fourth-order valence-corrected chi connectivity index (χ4v) is 4.17. The quantitative estimate of drug-likeness (QED) is 0.205. The average molecular weight is 517 g/mol. The number of nitrogens with zero attached hydrogens (tertiary/aromatic N) is 1. The molecule has 3 unspecified atom stereocenters. The van der Waals surface area contributed by atoms with Gasteiger partial charge in [-0.1, -0.05) is 31.5 Å². The Labute approximate surface area is 219 Å². The lowest BCUT2D eigenvalue weighted by atomic mass is 10.1. The average Bonchev–Trinajstić information content (AvgIpc) is 2.86. The number of carbonyl (C=O) groups is 1. The van der Waals surface area contributed by atoms with E-state index >= 15 is 0 Å². The zero-order valence-corrected chi connectivity index (χ0v) is 22.2. The van der Waals surface area contributed by atoms with Crippen LogP contribution in [0.1, 0.15) is 56.0 Å². The van der Waals surface area contributed by atoms with E-state index in [0.717, 1.165) is 29.8 Å². The van der Waals surface area contributed by atoms with E-state index in [1.54, 1.807) is 20.1 Å². The maximum atomic E-state index is 12.8. The number of aliphatic hydroxyl groups excluding tert-OH is 1. The largest absolute Gasteiger partial charge is 0.487 e. The van der Waals surface area contributed by atoms with Crippen molar-refractivity contribution in [3.63, 3.8) is 0 Å². The Morgan fingerprint density at radius 1 is 1.08 bits per heavy atom. The van der Waals surface area contributed by atoms with Gasteiger partial charge < -0.3 is 39.4 Å². The summed E-state index contributed by atoms with van der Waals surface area (Å²) < 4.78 is 28.2. The van der Waals surface area contributed by atoms with Crippen molar-refractivity contribution in [2.75, 3.05) is 37.4 Å². The summed E-state index contributed by atoms with van der Waals surface area (Å²) >= 11 is 0. The molecule has 1 aliphatic rings. The van der Waals surface area contributed by atoms with Crippen LogP contribution in [0.3, 0.4) is 0 Å². The van der Waals surface area contributed by atoms with Crippen molar-refractivity contribution >= 4 is 17.3 Å². The van der Waals surface area contributed by atoms with Gasteiger partial charge in [-0.2, -0.15) is 0 Å². The molecule has 0 spiro atoms. The zero-order valence-electron chi connectivity index (χ0n) is 22.2. The van der Waals surface area contributed by atoms with Crippen LogP contribution < -0.4 is 15.4 Å². The summed E-state index contributed by atoms with van der Waals surface area (Å²) in [6, 6.07) is 12.8. The molecule has 0 aliphatic carbocycles. The smallest absolute Gasteiger partial charge is 0.340 e. The van der Waals surface area contributed by atoms with Gasteiger partial charge in [0.25, 0.3) is 0 Å². The van der Waals surface area contributed by atoms with Crippen molar-refractivity contribution in [2.24, 2.45) is 0 Å². The molecule has 204 valence electrons. The molecule has 3 rings (SSSR count). The molecule has 9 heteroatoms. The number of methoxy groups -OCH3 is 1. The zero-order chi connectivity index (χ0) is 26.8. The van der Waals surface area contributed by atoms with E-state index in [-0.39, 0.29) is 31.7 Å². The second-order valence-corrected chi connectivity index (χ2v) is 9.16. The third-order valence-electron chi connectivity index (χ3n) is 6.28. The van der Waals surface area contributed by atoms with Gasteiger partial charge in [0.1, 0.15) is 11.9 Å². The highest BCUT2D eigenvalue weighted by Gasteiger charge is 2.31. The van der Waals surface area contributed by atoms with Crippen LogP contribution in [0.5, 0.6) is 5.75 Å². The van der Waals surface area contributed by atoms with Gasteiger partial charge >= 0.3 is 5.97 Å². The molecule has 2 aromatic rings. The SMILES string of the molecule is CCCC(CCOC(=O)c1cccc(N2CC(Oc3ccc(CO)cc3)C2)c1N)OC(C)OC(C)OC. The highest BCUT2D eigenvalue weighted by atomic mass is 16.8. The van der Waals surface area contributed by atoms with Crippen LogP contribution in [-0.4, -0.2) is 62.7 Å². The molecule has 9 nitrogen and oxygen atoms in total. The van der Waals surface area contributed by atoms with Gasteiger partial charge in [0, 0.05) is 13.5 Å². The first-order valence-electron chi connectivity index (χ1n) is 12.8. The second-order valence-electron chi connectivity index (χ2n) is 9.16. The third kappa shape index (κ3) is 8.33. The van der Waals surface area contributed by atoms with E-state index in [4.69, 9.17) is 34.5 Å². The number of para-hydroxylation sites is 1. The van der Waals surface area contributed by atoms with E-state index in [9.17, 15) is 4.79 Å². The minimum absolute atomic E-state index is 0.00498. The van der Waals surface area contributed by atoms with Crippen LogP contribution in [0.2, 0.25) is 0 Å². The van der Waals surface area contributed by atoms with Gasteiger partial charge in [-0.3, -0.25) is 0 Å². The number of nitrogen functional groups attached to an aromatic ring is 1. The minimum atomic E-state index is -0.454. The van der Waals surface area contributed by atoms with Crippen molar-refractivity contribution in [2.45, 2.75) is 71.4 Å². The number of hydrogen-bond acceptors (Lipinski definition) is 9. The van der Waals surface area contributed by atoms with E-state index in [1.165, 1.54) is 0 Å². The Kier molecular flexibility index (Phi) is 11.0. The number of esters is 1. The van der Waals surface area contributed by atoms with Crippen LogP contribution in [-0.2, 0) is 25.6 Å². The molecule has 1 saturated heterocycles. The molecule has 3 atom stereocenters. The van der Waals surface area contributed by atoms with Crippen LogP contribution in [0, 0.1) is 0 Å². The molecule has 0 bridgehead atoms. The maximum absolute atomic E-state index is 12.8. The molecule has 0 radical (unpaired) electrons. The summed E-state index contributed by atoms with van der Waals surface area (Å²) in [6.07, 6.45) is 1.44. The lowest BCUT2D eigenvalue weighted by Crippen LogP contribution is -2.54. The maximum Gasteiger partial charge on any atom is 0.340 e. The lowest BCUT2D eigenvalue weighted by Gasteiger charge is -2.41. The number of benzene rings is 2. The highest BCUT2D eigenvalue weighted by Crippen LogP contribution is 2.32. The Bertz CT molecular complexity index is 979. The number of ether oxygens (including phenoxy) is 5. The van der Waals surface area contributed by atoms with Gasteiger partial charge in [0.05, 0.1) is 49.3 Å². The lowest BCUT2D eigenvalue weighted by molar-refractivity contribution is -0.239. The number of nitrogens with two attached hydrogens (primary N) is 1. The fourth-order valence-electron chi connectivity index (χ4n) is 4.17. The minimum Gasteiger partial charge on any atom is -0.487 e. The van der Waals surface area contributed by atoms with Gasteiger partial charge in [-0.15, -0.1) is 0 Å². The summed E-state index contributed by atoms with van der Waals surface area (Å²) in [5.74, 6) is 0.302. The monoisotopic (exact) mass is 516 g/mol. The van der Waals surface area contributed by atoms with Gasteiger partial charge in [-0.25, -0.2) is 4.79 Å². The Balaban J connectivity index is 1.49. The van der Waals surface area contributed by atoms with E-state index < -0.39 is 12.3 Å². The van der Waals surface area contributed by atoms with Gasteiger partial charge in [-0.05, 0) is 50.1 Å². The predicted molar refractivity (Wildman–Crippen MR) is 142 cm³/mol. The fraction of sp³-hybridized carbons (Fsp3) is 0.536. The van der Waals surface area contributed by atoms with Crippen molar-refractivity contribution < 1.29 is 33.6 Å². The Morgan fingerprint density at radius 3 is 2.46 bits per heavy atom. The molecule has 1 aliphatic heterocycles. The summed E-state index contributed by atoms with van der Waals surface area (Å²) in [7, 11) is 1.58. The predicted octanol–water partition coefficient (Wildman–Crippen LogP) is 4.12. The van der Waals surface area contributed by atoms with Crippen molar-refractivity contribution in [3.8, 4) is 5.75 Å². The molecular weight excluding hydrogens is 476 g/mol. The molecule has 0 saturated carbocycles. The number of hydrogen-bond donors (Lipinski definition) is 2. The first-order chi connectivity index (χ1) is 17.8. The number of aliphatic hydroxyl groups is 1. The van der Waals surface area contributed by atoms with Gasteiger partial charge in [0.15, 0.2) is 12.6 Å². The second kappa shape index (κ2) is 14.2. The van der Waals surface area contributed by atoms with Crippen LogP contribution in [0.4, 0.5) is 11.4 Å². The molecule has 37 heavy (non-hydrogen) atoms. The molecule has 3 N–H and O–H groups in total. The molecular formula is C28H40N2O7. The molecule has 1 fully saturated rings. The topological polar surface area (TPSA) is 113 Å². The molecule has 0 amide bonds. The Morgan fingerprint density at radius 2 is 1.81 bits per heavy atom. The van der Waals surface area contributed by atoms with Crippen molar-refractivity contribution in [1.29, 1.82) is 0 Å². The number of rotatable bonds is 15. The summed E-state index contributed by atoms with van der Waals surface area (Å²) in [5, 5.41) is 9.17. The van der Waals surface area contributed by atoms with E-state index in [0.29, 0.717) is 30.8 Å². The standard InChI is InChI=1S/C28H40N2O7/c1-5-7-22(36-20(3)35-19(2)33-4)14-15-34-28(32)25-8-6-9-26(27(25)29)30-16-24(17-30)37-23-12-10-21(18-31)11-13-23/h6,8-13,19-20,22,24,31H,5,7,14-18,29H2,1-4H3. The van der Waals surface area contributed by atoms with Gasteiger partial charge in [0.2, 0.25) is 0 Å². The van der Waals surface area contributed by atoms with E-state index in [1.807, 2.05) is 43.3 Å². The molecule has 2 aromatic carbocycles.